The van der Waals surface area contributed by atoms with E-state index in [9.17, 15) is 0 Å². The van der Waals surface area contributed by atoms with Gasteiger partial charge in [-0.05, 0) is 61.2 Å². The maximum Gasteiger partial charge on any atom is 0.147 e. The number of fused-ring (bicyclic) bond motifs is 1. The smallest absolute Gasteiger partial charge is 0.147 e. The van der Waals surface area contributed by atoms with E-state index in [1.807, 2.05) is 41.5 Å². The van der Waals surface area contributed by atoms with E-state index >= 15 is 0 Å². The van der Waals surface area contributed by atoms with Gasteiger partial charge in [0, 0.05) is 30.5 Å². The molecule has 3 N–H and O–H groups in total. The van der Waals surface area contributed by atoms with Crippen LogP contribution in [-0.4, -0.2) is 24.0 Å². The first-order chi connectivity index (χ1) is 12.7. The molecule has 5 nitrogen and oxygen atoms in total. The molecule has 0 unspecified atom stereocenters. The van der Waals surface area contributed by atoms with Gasteiger partial charge in [0.05, 0.1) is 0 Å². The van der Waals surface area contributed by atoms with Gasteiger partial charge in [0.1, 0.15) is 22.9 Å². The number of nitrogens with zero attached hydrogens (tertiary/aromatic N) is 1. The first-order valence-corrected chi connectivity index (χ1v) is 9.06. The standard InChI is InChI=1S/C21H23N3O2/c22-21(23)16-6-10-20-17(13-16)14-19(25-20)9-5-15-3-7-18(8-4-15)26-24-11-1-2-12-24/h3-4,6-8,10,13-14H,1-2,5,9,11-12H2,(H3,22,23). The molecule has 1 fully saturated rings. The summed E-state index contributed by atoms with van der Waals surface area (Å²) in [6, 6.07) is 15.9. The van der Waals surface area contributed by atoms with Gasteiger partial charge in [-0.3, -0.25) is 5.41 Å². The van der Waals surface area contributed by atoms with Crippen LogP contribution in [0.1, 0.15) is 29.7 Å². The number of hydrogen-bond acceptors (Lipinski definition) is 4. The largest absolute Gasteiger partial charge is 0.461 e. The van der Waals surface area contributed by atoms with Crippen molar-refractivity contribution in [2.24, 2.45) is 5.73 Å². The highest BCUT2D eigenvalue weighted by Crippen LogP contribution is 2.23. The molecule has 0 aliphatic carbocycles. The highest BCUT2D eigenvalue weighted by molar-refractivity contribution is 5.98. The fourth-order valence-corrected chi connectivity index (χ4v) is 3.30. The molecule has 0 radical (unpaired) electrons. The molecule has 2 heterocycles. The Kier molecular flexibility index (Phi) is 4.63. The minimum absolute atomic E-state index is 0.0749. The Bertz CT molecular complexity index is 909. The molecule has 4 rings (SSSR count). The fraction of sp³-hybridized carbons (Fsp3) is 0.286. The summed E-state index contributed by atoms with van der Waals surface area (Å²) in [6.45, 7) is 2.03. The van der Waals surface area contributed by atoms with Crippen molar-refractivity contribution in [1.29, 1.82) is 5.41 Å². The number of rotatable bonds is 6. The number of amidine groups is 1. The molecule has 1 aliphatic rings. The van der Waals surface area contributed by atoms with Crippen molar-refractivity contribution in [1.82, 2.24) is 5.06 Å². The molecule has 2 aromatic carbocycles. The number of furan rings is 1. The van der Waals surface area contributed by atoms with Gasteiger partial charge in [0.15, 0.2) is 0 Å². The Morgan fingerprint density at radius 3 is 2.54 bits per heavy atom. The van der Waals surface area contributed by atoms with Gasteiger partial charge in [0.2, 0.25) is 0 Å². The van der Waals surface area contributed by atoms with Gasteiger partial charge in [-0.25, -0.2) is 0 Å². The number of nitrogens with one attached hydrogen (secondary N) is 1. The van der Waals surface area contributed by atoms with Crippen molar-refractivity contribution in [3.8, 4) is 5.75 Å². The molecule has 0 atom stereocenters. The molecule has 1 aliphatic heterocycles. The second-order valence-corrected chi connectivity index (χ2v) is 6.75. The Morgan fingerprint density at radius 1 is 1.04 bits per heavy atom. The van der Waals surface area contributed by atoms with E-state index in [-0.39, 0.29) is 5.84 Å². The zero-order valence-electron chi connectivity index (χ0n) is 14.7. The number of benzene rings is 2. The average molecular weight is 349 g/mol. The number of nitrogen functional groups attached to an aromatic ring is 1. The second-order valence-electron chi connectivity index (χ2n) is 6.75. The molecule has 0 spiro atoms. The average Bonchev–Trinajstić information content (AvgIpc) is 3.29. The summed E-state index contributed by atoms with van der Waals surface area (Å²) in [5.41, 5.74) is 8.36. The highest BCUT2D eigenvalue weighted by Gasteiger charge is 2.13. The zero-order valence-corrected chi connectivity index (χ0v) is 14.7. The van der Waals surface area contributed by atoms with Gasteiger partial charge in [0.25, 0.3) is 0 Å². The van der Waals surface area contributed by atoms with Gasteiger partial charge >= 0.3 is 0 Å². The summed E-state index contributed by atoms with van der Waals surface area (Å²) in [5, 5.41) is 10.5. The molecule has 0 amide bonds. The minimum atomic E-state index is 0.0749. The molecule has 0 saturated carbocycles. The van der Waals surface area contributed by atoms with Crippen LogP contribution in [0.5, 0.6) is 5.75 Å². The normalized spacial score (nSPS) is 14.8. The molecule has 134 valence electrons. The lowest BCUT2D eigenvalue weighted by Gasteiger charge is -2.15. The number of nitrogens with two attached hydrogens (primary N) is 1. The molecular weight excluding hydrogens is 326 g/mol. The van der Waals surface area contributed by atoms with Gasteiger partial charge in [-0.15, -0.1) is 5.06 Å². The fourth-order valence-electron chi connectivity index (χ4n) is 3.30. The van der Waals surface area contributed by atoms with Crippen LogP contribution in [0.25, 0.3) is 11.0 Å². The Hall–Kier alpha value is -2.79. The van der Waals surface area contributed by atoms with Crippen molar-refractivity contribution < 1.29 is 9.25 Å². The molecule has 1 saturated heterocycles. The summed E-state index contributed by atoms with van der Waals surface area (Å²) in [7, 11) is 0. The van der Waals surface area contributed by atoms with Crippen LogP contribution in [-0.2, 0) is 12.8 Å². The number of hydroxylamine groups is 2. The van der Waals surface area contributed by atoms with E-state index in [0.717, 1.165) is 54.0 Å². The molecule has 3 aromatic rings. The lowest BCUT2D eigenvalue weighted by atomic mass is 10.1. The summed E-state index contributed by atoms with van der Waals surface area (Å²) >= 11 is 0. The third-order valence-corrected chi connectivity index (χ3v) is 4.76. The highest BCUT2D eigenvalue weighted by atomic mass is 16.7. The van der Waals surface area contributed by atoms with Crippen LogP contribution in [0, 0.1) is 5.41 Å². The van der Waals surface area contributed by atoms with Gasteiger partial charge in [-0.2, -0.15) is 0 Å². The van der Waals surface area contributed by atoms with Crippen molar-refractivity contribution >= 4 is 16.8 Å². The maximum absolute atomic E-state index is 7.53. The predicted molar refractivity (Wildman–Crippen MR) is 103 cm³/mol. The zero-order chi connectivity index (χ0) is 17.9. The lowest BCUT2D eigenvalue weighted by Crippen LogP contribution is -2.23. The quantitative estimate of drug-likeness (QED) is 0.523. The summed E-state index contributed by atoms with van der Waals surface area (Å²) < 4.78 is 5.89. The molecule has 26 heavy (non-hydrogen) atoms. The number of aryl methyl sites for hydroxylation is 2. The molecule has 1 aromatic heterocycles. The van der Waals surface area contributed by atoms with E-state index in [0.29, 0.717) is 0 Å². The minimum Gasteiger partial charge on any atom is -0.461 e. The van der Waals surface area contributed by atoms with Crippen molar-refractivity contribution in [3.05, 3.63) is 65.4 Å². The topological polar surface area (TPSA) is 75.5 Å². The number of hydrogen-bond donors (Lipinski definition) is 2. The monoisotopic (exact) mass is 349 g/mol. The lowest BCUT2D eigenvalue weighted by molar-refractivity contribution is -0.0346. The van der Waals surface area contributed by atoms with E-state index in [2.05, 4.69) is 12.1 Å². The van der Waals surface area contributed by atoms with Crippen LogP contribution >= 0.6 is 0 Å². The summed E-state index contributed by atoms with van der Waals surface area (Å²) in [5.74, 6) is 1.92. The Labute approximate surface area is 152 Å². The van der Waals surface area contributed by atoms with Crippen molar-refractivity contribution in [2.75, 3.05) is 13.1 Å². The van der Waals surface area contributed by atoms with Crippen LogP contribution in [0.2, 0.25) is 0 Å². The first kappa shape index (κ1) is 16.7. The third kappa shape index (κ3) is 3.73. The maximum atomic E-state index is 7.53. The first-order valence-electron chi connectivity index (χ1n) is 9.06. The van der Waals surface area contributed by atoms with E-state index < -0.39 is 0 Å². The van der Waals surface area contributed by atoms with Crippen LogP contribution in [0.4, 0.5) is 0 Å². The Morgan fingerprint density at radius 2 is 1.81 bits per heavy atom. The molecule has 0 bridgehead atoms. The Balaban J connectivity index is 1.38. The van der Waals surface area contributed by atoms with E-state index in [1.54, 1.807) is 0 Å². The van der Waals surface area contributed by atoms with E-state index in [4.69, 9.17) is 20.4 Å². The van der Waals surface area contributed by atoms with Crippen molar-refractivity contribution in [3.63, 3.8) is 0 Å². The third-order valence-electron chi connectivity index (χ3n) is 4.76. The van der Waals surface area contributed by atoms with Crippen LogP contribution in [0.3, 0.4) is 0 Å². The van der Waals surface area contributed by atoms with Gasteiger partial charge in [-0.1, -0.05) is 12.1 Å². The van der Waals surface area contributed by atoms with Crippen LogP contribution < -0.4 is 10.6 Å². The summed E-state index contributed by atoms with van der Waals surface area (Å²) in [6.07, 6.45) is 4.16. The van der Waals surface area contributed by atoms with Crippen molar-refractivity contribution in [2.45, 2.75) is 25.7 Å². The molecular formula is C21H23N3O2. The van der Waals surface area contributed by atoms with E-state index in [1.165, 1.54) is 18.4 Å². The van der Waals surface area contributed by atoms with Gasteiger partial charge < -0.3 is 15.0 Å². The SMILES string of the molecule is N=C(N)c1ccc2oc(CCc3ccc(ON4CCCC4)cc3)cc2c1. The van der Waals surface area contributed by atoms with Crippen LogP contribution in [0.15, 0.2) is 52.9 Å². The molecule has 5 heteroatoms. The summed E-state index contributed by atoms with van der Waals surface area (Å²) in [4.78, 5) is 5.85. The predicted octanol–water partition coefficient (Wildman–Crippen LogP) is 3.89. The second kappa shape index (κ2) is 7.22.